The van der Waals surface area contributed by atoms with Gasteiger partial charge in [0.05, 0.1) is 0 Å². The summed E-state index contributed by atoms with van der Waals surface area (Å²) in [6.07, 6.45) is -0.0264. The molecule has 0 N–H and O–H groups in total. The lowest BCUT2D eigenvalue weighted by molar-refractivity contribution is -0.304. The zero-order chi connectivity index (χ0) is 9.97. The van der Waals surface area contributed by atoms with Crippen LogP contribution in [0.3, 0.4) is 0 Å². The largest absolute Gasteiger partial charge is 0.550 e. The Morgan fingerprint density at radius 1 is 1.07 bits per heavy atom. The van der Waals surface area contributed by atoms with Crippen molar-refractivity contribution in [3.63, 3.8) is 0 Å². The first-order valence-corrected chi connectivity index (χ1v) is 4.44. The van der Waals surface area contributed by atoms with E-state index in [9.17, 15) is 9.90 Å². The van der Waals surface area contributed by atoms with E-state index < -0.39 is 5.97 Å². The van der Waals surface area contributed by atoms with E-state index in [1.54, 1.807) is 0 Å². The second-order valence-corrected chi connectivity index (χ2v) is 3.19. The molecule has 0 aliphatic heterocycles. The molecule has 2 aromatic rings. The average molecular weight is 185 g/mol. The first-order valence-electron chi connectivity index (χ1n) is 4.44. The lowest BCUT2D eigenvalue weighted by atomic mass is 10.0. The summed E-state index contributed by atoms with van der Waals surface area (Å²) in [6, 6.07) is 13.4. The summed E-state index contributed by atoms with van der Waals surface area (Å²) in [6.45, 7) is 0. The van der Waals surface area contributed by atoms with Gasteiger partial charge in [-0.15, -0.1) is 0 Å². The number of hydrogen-bond donors (Lipinski definition) is 0. The molecular formula is C12H9O2-. The normalized spacial score (nSPS) is 10.3. The molecule has 0 radical (unpaired) electrons. The Hall–Kier alpha value is -1.83. The van der Waals surface area contributed by atoms with E-state index in [1.807, 2.05) is 42.5 Å². The third-order valence-corrected chi connectivity index (χ3v) is 2.21. The quantitative estimate of drug-likeness (QED) is 0.703. The summed E-state index contributed by atoms with van der Waals surface area (Å²) >= 11 is 0. The summed E-state index contributed by atoms with van der Waals surface area (Å²) < 4.78 is 0. The molecule has 0 aromatic heterocycles. The third-order valence-electron chi connectivity index (χ3n) is 2.21. The lowest BCUT2D eigenvalue weighted by Gasteiger charge is -2.06. The average Bonchev–Trinajstić information content (AvgIpc) is 2.18. The van der Waals surface area contributed by atoms with E-state index in [1.165, 1.54) is 0 Å². The van der Waals surface area contributed by atoms with Crippen LogP contribution in [0.15, 0.2) is 42.5 Å². The Kier molecular flexibility index (Phi) is 2.19. The van der Waals surface area contributed by atoms with Crippen molar-refractivity contribution in [2.24, 2.45) is 0 Å². The highest BCUT2D eigenvalue weighted by Gasteiger charge is 1.99. The summed E-state index contributed by atoms with van der Waals surface area (Å²) in [5, 5.41) is 12.5. The van der Waals surface area contributed by atoms with Gasteiger partial charge in [0, 0.05) is 12.4 Å². The number of benzene rings is 2. The molecule has 2 nitrogen and oxygen atoms in total. The van der Waals surface area contributed by atoms with E-state index in [2.05, 4.69) is 0 Å². The fourth-order valence-electron chi connectivity index (χ4n) is 1.60. The maximum atomic E-state index is 10.5. The van der Waals surface area contributed by atoms with E-state index in [4.69, 9.17) is 0 Å². The van der Waals surface area contributed by atoms with E-state index in [0.717, 1.165) is 16.3 Å². The van der Waals surface area contributed by atoms with Gasteiger partial charge in [0.25, 0.3) is 0 Å². The van der Waals surface area contributed by atoms with Gasteiger partial charge >= 0.3 is 0 Å². The van der Waals surface area contributed by atoms with Gasteiger partial charge in [-0.25, -0.2) is 0 Å². The highest BCUT2D eigenvalue weighted by atomic mass is 16.4. The molecule has 0 saturated carbocycles. The highest BCUT2D eigenvalue weighted by Crippen LogP contribution is 2.18. The van der Waals surface area contributed by atoms with Gasteiger partial charge in [0.2, 0.25) is 0 Å². The first kappa shape index (κ1) is 8.75. The molecule has 0 amide bonds. The van der Waals surface area contributed by atoms with Crippen molar-refractivity contribution in [1.29, 1.82) is 0 Å². The van der Waals surface area contributed by atoms with Gasteiger partial charge < -0.3 is 9.90 Å². The number of carboxylic acids is 1. The molecule has 0 bridgehead atoms. The van der Waals surface area contributed by atoms with Crippen LogP contribution < -0.4 is 5.11 Å². The molecule has 0 atom stereocenters. The van der Waals surface area contributed by atoms with Crippen LogP contribution in [-0.2, 0) is 11.2 Å². The third kappa shape index (κ3) is 1.59. The van der Waals surface area contributed by atoms with Crippen molar-refractivity contribution in [3.8, 4) is 0 Å². The van der Waals surface area contributed by atoms with Crippen LogP contribution in [0.5, 0.6) is 0 Å². The van der Waals surface area contributed by atoms with Crippen LogP contribution in [0.2, 0.25) is 0 Å². The van der Waals surface area contributed by atoms with E-state index in [0.29, 0.717) is 0 Å². The summed E-state index contributed by atoms with van der Waals surface area (Å²) in [4.78, 5) is 10.5. The fraction of sp³-hybridized carbons (Fsp3) is 0.0833. The predicted octanol–water partition coefficient (Wildman–Crippen LogP) is 1.13. The van der Waals surface area contributed by atoms with Gasteiger partial charge in [-0.1, -0.05) is 42.5 Å². The Balaban J connectivity index is 2.59. The molecular weight excluding hydrogens is 176 g/mol. The molecule has 14 heavy (non-hydrogen) atoms. The molecule has 0 unspecified atom stereocenters. The minimum absolute atomic E-state index is 0.0264. The van der Waals surface area contributed by atoms with Crippen molar-refractivity contribution in [2.75, 3.05) is 0 Å². The van der Waals surface area contributed by atoms with Crippen LogP contribution in [0.25, 0.3) is 10.8 Å². The molecule has 0 aliphatic carbocycles. The second-order valence-electron chi connectivity index (χ2n) is 3.19. The van der Waals surface area contributed by atoms with E-state index in [-0.39, 0.29) is 6.42 Å². The van der Waals surface area contributed by atoms with Crippen molar-refractivity contribution in [3.05, 3.63) is 48.0 Å². The number of rotatable bonds is 2. The molecule has 0 spiro atoms. The number of aliphatic carboxylic acids is 1. The maximum absolute atomic E-state index is 10.5. The second kappa shape index (κ2) is 3.50. The van der Waals surface area contributed by atoms with Crippen molar-refractivity contribution >= 4 is 16.7 Å². The van der Waals surface area contributed by atoms with Crippen LogP contribution >= 0.6 is 0 Å². The summed E-state index contributed by atoms with van der Waals surface area (Å²) in [7, 11) is 0. The minimum Gasteiger partial charge on any atom is -0.550 e. The van der Waals surface area contributed by atoms with Gasteiger partial charge in [-0.2, -0.15) is 0 Å². The SMILES string of the molecule is O=C([O-])Cc1cccc2ccccc12. The summed E-state index contributed by atoms with van der Waals surface area (Å²) in [5.74, 6) is -1.04. The van der Waals surface area contributed by atoms with Gasteiger partial charge in [0.1, 0.15) is 0 Å². The van der Waals surface area contributed by atoms with Crippen LogP contribution in [0.4, 0.5) is 0 Å². The lowest BCUT2D eigenvalue weighted by Crippen LogP contribution is -2.24. The van der Waals surface area contributed by atoms with Gasteiger partial charge in [-0.3, -0.25) is 0 Å². The molecule has 0 heterocycles. The fourth-order valence-corrected chi connectivity index (χ4v) is 1.60. The molecule has 70 valence electrons. The molecule has 2 heteroatoms. The molecule has 0 saturated heterocycles. The van der Waals surface area contributed by atoms with Crippen molar-refractivity contribution in [1.82, 2.24) is 0 Å². The predicted molar refractivity (Wildman–Crippen MR) is 52.7 cm³/mol. The Morgan fingerprint density at radius 3 is 2.57 bits per heavy atom. The maximum Gasteiger partial charge on any atom is 0.0458 e. The van der Waals surface area contributed by atoms with Crippen LogP contribution in [-0.4, -0.2) is 5.97 Å². The zero-order valence-electron chi connectivity index (χ0n) is 7.57. The number of fused-ring (bicyclic) bond motifs is 1. The molecule has 0 fully saturated rings. The van der Waals surface area contributed by atoms with Crippen molar-refractivity contribution < 1.29 is 9.90 Å². The molecule has 2 rings (SSSR count). The number of carboxylic acid groups (broad SMARTS) is 1. The zero-order valence-corrected chi connectivity index (χ0v) is 7.57. The summed E-state index contributed by atoms with van der Waals surface area (Å²) in [5.41, 5.74) is 0.808. The number of carbonyl (C=O) groups excluding carboxylic acids is 1. The monoisotopic (exact) mass is 185 g/mol. The first-order chi connectivity index (χ1) is 6.77. The van der Waals surface area contributed by atoms with Crippen molar-refractivity contribution in [2.45, 2.75) is 6.42 Å². The number of carbonyl (C=O) groups is 1. The van der Waals surface area contributed by atoms with Crippen LogP contribution in [0.1, 0.15) is 5.56 Å². The molecule has 0 aliphatic rings. The highest BCUT2D eigenvalue weighted by molar-refractivity contribution is 5.88. The molecule has 2 aromatic carbocycles. The van der Waals surface area contributed by atoms with E-state index >= 15 is 0 Å². The Labute approximate surface area is 81.8 Å². The smallest absolute Gasteiger partial charge is 0.0458 e. The standard InChI is InChI=1S/C12H10O2/c13-12(14)8-10-6-3-5-9-4-1-2-7-11(9)10/h1-7H,8H2,(H,13,14)/p-1. The van der Waals surface area contributed by atoms with Crippen LogP contribution in [0, 0.1) is 0 Å². The topological polar surface area (TPSA) is 40.1 Å². The Morgan fingerprint density at radius 2 is 1.79 bits per heavy atom. The van der Waals surface area contributed by atoms with Gasteiger partial charge in [0.15, 0.2) is 0 Å². The number of hydrogen-bond acceptors (Lipinski definition) is 2. The van der Waals surface area contributed by atoms with Gasteiger partial charge in [-0.05, 0) is 16.3 Å². The Bertz CT molecular complexity index is 469. The minimum atomic E-state index is -1.04.